The number of carboxylic acid groups (broad SMARTS) is 1. The van der Waals surface area contributed by atoms with E-state index in [1.165, 1.54) is 5.48 Å². The maximum absolute atomic E-state index is 12.4. The Morgan fingerprint density at radius 3 is 1.88 bits per heavy atom. The Kier molecular flexibility index (Phi) is 8.65. The summed E-state index contributed by atoms with van der Waals surface area (Å²) in [5.41, 5.74) is 1.19. The molecule has 0 aliphatic carbocycles. The second kappa shape index (κ2) is 9.43. The standard InChI is InChI=1S/C12H15NO8S2.H3NO/c1-22(18,19)8-2-4-9(5-3-8)23(20,21)10(12(16)13-17)6-7-11(14)15;1-2/h2-5,10,17H,6-7H2,1H3,(H,13,16)(H,14,15);2H,1H2. The summed E-state index contributed by atoms with van der Waals surface area (Å²) in [6.45, 7) is 0. The zero-order valence-electron chi connectivity index (χ0n) is 13.0. The molecule has 0 saturated heterocycles. The number of carbonyl (C=O) groups is 2. The lowest BCUT2D eigenvalue weighted by Crippen LogP contribution is -2.38. The largest absolute Gasteiger partial charge is 0.481 e. The van der Waals surface area contributed by atoms with Crippen LogP contribution in [0.4, 0.5) is 0 Å². The number of carboxylic acids is 1. The van der Waals surface area contributed by atoms with E-state index in [4.69, 9.17) is 15.5 Å². The number of aliphatic carboxylic acids is 1. The van der Waals surface area contributed by atoms with Crippen LogP contribution < -0.4 is 11.4 Å². The van der Waals surface area contributed by atoms with E-state index in [1.54, 1.807) is 0 Å². The molecule has 142 valence electrons. The normalized spacial score (nSPS) is 12.5. The second-order valence-corrected chi connectivity index (χ2v) is 8.83. The molecule has 11 nitrogen and oxygen atoms in total. The molecule has 0 saturated carbocycles. The van der Waals surface area contributed by atoms with Gasteiger partial charge in [-0.3, -0.25) is 14.8 Å². The summed E-state index contributed by atoms with van der Waals surface area (Å²) in [7, 11) is -7.82. The van der Waals surface area contributed by atoms with Crippen molar-refractivity contribution in [3.63, 3.8) is 0 Å². The Morgan fingerprint density at radius 1 is 1.08 bits per heavy atom. The number of sulfone groups is 2. The number of nitrogens with two attached hydrogens (primary N) is 1. The molecule has 0 fully saturated rings. The van der Waals surface area contributed by atoms with E-state index in [1.807, 2.05) is 0 Å². The summed E-state index contributed by atoms with van der Waals surface area (Å²) >= 11 is 0. The van der Waals surface area contributed by atoms with Crippen molar-refractivity contribution in [2.75, 3.05) is 6.26 Å². The molecular weight excluding hydrogens is 380 g/mol. The number of hydroxylamine groups is 1. The van der Waals surface area contributed by atoms with Crippen molar-refractivity contribution in [2.45, 2.75) is 27.9 Å². The van der Waals surface area contributed by atoms with E-state index >= 15 is 0 Å². The highest BCUT2D eigenvalue weighted by atomic mass is 32.2. The van der Waals surface area contributed by atoms with Crippen LogP contribution in [0.15, 0.2) is 34.1 Å². The fourth-order valence-electron chi connectivity index (χ4n) is 1.79. The molecule has 0 radical (unpaired) electrons. The first-order valence-corrected chi connectivity index (χ1v) is 9.89. The van der Waals surface area contributed by atoms with Crippen molar-refractivity contribution >= 4 is 31.6 Å². The lowest BCUT2D eigenvalue weighted by molar-refractivity contribution is -0.137. The number of hydrogen-bond acceptors (Lipinski definition) is 9. The topological polar surface area (TPSA) is 201 Å². The molecule has 1 unspecified atom stereocenters. The minimum absolute atomic E-state index is 0.106. The Hall–Kier alpha value is -2.06. The van der Waals surface area contributed by atoms with Crippen LogP contribution in [0.2, 0.25) is 0 Å². The third kappa shape index (κ3) is 6.39. The van der Waals surface area contributed by atoms with Crippen LogP contribution >= 0.6 is 0 Å². The molecule has 1 amide bonds. The van der Waals surface area contributed by atoms with Gasteiger partial charge < -0.3 is 10.3 Å². The second-order valence-electron chi connectivity index (χ2n) is 4.69. The minimum atomic E-state index is -4.30. The fraction of sp³-hybridized carbons (Fsp3) is 0.333. The average molecular weight is 398 g/mol. The highest BCUT2D eigenvalue weighted by Crippen LogP contribution is 2.22. The van der Waals surface area contributed by atoms with E-state index in [9.17, 15) is 26.4 Å². The minimum Gasteiger partial charge on any atom is -0.481 e. The van der Waals surface area contributed by atoms with Gasteiger partial charge in [-0.05, 0) is 30.7 Å². The summed E-state index contributed by atoms with van der Waals surface area (Å²) in [4.78, 5) is 21.7. The highest BCUT2D eigenvalue weighted by Gasteiger charge is 2.34. The SMILES string of the molecule is CS(=O)(=O)c1ccc(S(=O)(=O)C(CCC(=O)O)C(=O)NO)cc1.NO. The van der Waals surface area contributed by atoms with Crippen molar-refractivity contribution in [3.8, 4) is 0 Å². The van der Waals surface area contributed by atoms with Gasteiger partial charge in [0.15, 0.2) is 19.7 Å². The predicted molar refractivity (Wildman–Crippen MR) is 83.3 cm³/mol. The van der Waals surface area contributed by atoms with Crippen molar-refractivity contribution < 1.29 is 41.9 Å². The Morgan fingerprint density at radius 2 is 1.52 bits per heavy atom. The maximum atomic E-state index is 12.4. The lowest BCUT2D eigenvalue weighted by atomic mass is 10.2. The highest BCUT2D eigenvalue weighted by molar-refractivity contribution is 7.93. The van der Waals surface area contributed by atoms with E-state index < -0.39 is 49.6 Å². The molecule has 1 aromatic carbocycles. The first kappa shape index (κ1) is 22.9. The first-order valence-electron chi connectivity index (χ1n) is 6.45. The molecule has 6 N–H and O–H groups in total. The molecule has 25 heavy (non-hydrogen) atoms. The number of nitrogens with one attached hydrogen (secondary N) is 1. The van der Waals surface area contributed by atoms with Crippen LogP contribution in [-0.2, 0) is 29.3 Å². The van der Waals surface area contributed by atoms with Gasteiger partial charge in [-0.1, -0.05) is 0 Å². The molecule has 0 aliphatic rings. The third-order valence-electron chi connectivity index (χ3n) is 2.98. The molecule has 0 aliphatic heterocycles. The van der Waals surface area contributed by atoms with Crippen molar-refractivity contribution in [1.82, 2.24) is 5.48 Å². The molecule has 1 atom stereocenters. The summed E-state index contributed by atoms with van der Waals surface area (Å²) in [6, 6.07) is 4.13. The van der Waals surface area contributed by atoms with E-state index in [-0.39, 0.29) is 9.79 Å². The van der Waals surface area contributed by atoms with Gasteiger partial charge >= 0.3 is 5.97 Å². The fourth-order valence-corrected chi connectivity index (χ4v) is 4.03. The zero-order valence-corrected chi connectivity index (χ0v) is 14.6. The molecule has 1 aromatic rings. The van der Waals surface area contributed by atoms with E-state index in [0.717, 1.165) is 30.5 Å². The summed E-state index contributed by atoms with van der Waals surface area (Å²) in [5.74, 6) is 0.932. The van der Waals surface area contributed by atoms with Crippen LogP contribution in [0.5, 0.6) is 0 Å². The number of hydrogen-bond donors (Lipinski definition) is 5. The number of amides is 1. The van der Waals surface area contributed by atoms with Gasteiger partial charge in [0.05, 0.1) is 9.79 Å². The van der Waals surface area contributed by atoms with E-state index in [2.05, 4.69) is 5.90 Å². The van der Waals surface area contributed by atoms with Gasteiger partial charge in [-0.25, -0.2) is 28.2 Å². The summed E-state index contributed by atoms with van der Waals surface area (Å²) < 4.78 is 47.5. The number of carbonyl (C=O) groups excluding carboxylic acids is 1. The smallest absolute Gasteiger partial charge is 0.303 e. The van der Waals surface area contributed by atoms with Crippen molar-refractivity contribution in [1.29, 1.82) is 0 Å². The van der Waals surface area contributed by atoms with Crippen molar-refractivity contribution in [3.05, 3.63) is 24.3 Å². The number of rotatable bonds is 7. The molecule has 0 spiro atoms. The van der Waals surface area contributed by atoms with Crippen LogP contribution in [0.1, 0.15) is 12.8 Å². The van der Waals surface area contributed by atoms with Gasteiger partial charge in [0.2, 0.25) is 0 Å². The van der Waals surface area contributed by atoms with Crippen molar-refractivity contribution in [2.24, 2.45) is 5.90 Å². The summed E-state index contributed by atoms with van der Waals surface area (Å²) in [6.07, 6.45) is -0.192. The van der Waals surface area contributed by atoms with Crippen LogP contribution in [0.25, 0.3) is 0 Å². The van der Waals surface area contributed by atoms with Crippen LogP contribution in [0, 0.1) is 0 Å². The monoisotopic (exact) mass is 398 g/mol. The van der Waals surface area contributed by atoms with Gasteiger partial charge in [0.1, 0.15) is 5.25 Å². The quantitative estimate of drug-likeness (QED) is 0.278. The van der Waals surface area contributed by atoms with Gasteiger partial charge in [0, 0.05) is 12.7 Å². The molecule has 0 heterocycles. The Balaban J connectivity index is 0.00000277. The van der Waals surface area contributed by atoms with Crippen LogP contribution in [0.3, 0.4) is 0 Å². The Labute approximate surface area is 143 Å². The molecule has 0 aromatic heterocycles. The zero-order chi connectivity index (χ0) is 19.8. The molecular formula is C12H18N2O9S2. The Bertz CT molecular complexity index is 801. The van der Waals surface area contributed by atoms with E-state index in [0.29, 0.717) is 0 Å². The average Bonchev–Trinajstić information content (AvgIpc) is 2.55. The lowest BCUT2D eigenvalue weighted by Gasteiger charge is -2.15. The maximum Gasteiger partial charge on any atom is 0.303 e. The van der Waals surface area contributed by atoms with Gasteiger partial charge in [-0.15, -0.1) is 0 Å². The summed E-state index contributed by atoms with van der Waals surface area (Å²) in [5, 5.41) is 22.0. The van der Waals surface area contributed by atoms with Gasteiger partial charge in [0.25, 0.3) is 5.91 Å². The first-order chi connectivity index (χ1) is 11.5. The molecule has 13 heteroatoms. The van der Waals surface area contributed by atoms with Crippen LogP contribution in [-0.4, -0.2) is 55.7 Å². The molecule has 1 rings (SSSR count). The third-order valence-corrected chi connectivity index (χ3v) is 6.23. The predicted octanol–water partition coefficient (Wildman–Crippen LogP) is -1.06. The van der Waals surface area contributed by atoms with Gasteiger partial charge in [-0.2, -0.15) is 0 Å². The molecule has 0 bridgehead atoms. The number of benzene rings is 1.